The minimum Gasteiger partial charge on any atom is -0.491 e. The quantitative estimate of drug-likeness (QED) is 0.445. The summed E-state index contributed by atoms with van der Waals surface area (Å²) in [5.41, 5.74) is -0.509. The molecule has 208 valence electrons. The standard InChI is InChI=1S/C31H37FN2O5/c1-31(2,36)19-34-21-5-6-22(34)16-26(15-21)39-29-10-7-23(17-28(29)32)33-12-11-20-14-24(8-9-27(20)30(33)35)38-18-25-4-3-13-37-25/h7-12,14,17,21-22,25-26,36H,3-6,13,15-16,18-19H2,1-2H3/t21-,22+,25-,26+/m0/s1. The smallest absolute Gasteiger partial charge is 0.262 e. The fourth-order valence-electron chi connectivity index (χ4n) is 6.42. The van der Waals surface area contributed by atoms with Crippen molar-refractivity contribution in [3.63, 3.8) is 0 Å². The van der Waals surface area contributed by atoms with E-state index < -0.39 is 11.4 Å². The molecule has 7 nitrogen and oxygen atoms in total. The molecule has 0 spiro atoms. The van der Waals surface area contributed by atoms with E-state index in [2.05, 4.69) is 4.90 Å². The van der Waals surface area contributed by atoms with E-state index in [0.717, 1.165) is 50.5 Å². The fraction of sp³-hybridized carbons (Fsp3) is 0.516. The largest absolute Gasteiger partial charge is 0.491 e. The Balaban J connectivity index is 1.14. The molecule has 39 heavy (non-hydrogen) atoms. The lowest BCUT2D eigenvalue weighted by atomic mass is 9.97. The third-order valence-corrected chi connectivity index (χ3v) is 8.23. The molecule has 2 aromatic carbocycles. The Morgan fingerprint density at radius 3 is 2.56 bits per heavy atom. The van der Waals surface area contributed by atoms with E-state index in [1.807, 2.05) is 26.0 Å². The average molecular weight is 537 g/mol. The SMILES string of the molecule is CC(C)(O)CN1[C@@H]2CC[C@H]1C[C@@H](Oc1ccc(-n3ccc4cc(OC[C@@H]5CCCO5)ccc4c3=O)cc1F)C2. The number of fused-ring (bicyclic) bond motifs is 3. The summed E-state index contributed by atoms with van der Waals surface area (Å²) in [5, 5.41) is 11.6. The predicted molar refractivity (Wildman–Crippen MR) is 147 cm³/mol. The second-order valence-corrected chi connectivity index (χ2v) is 11.9. The van der Waals surface area contributed by atoms with E-state index in [4.69, 9.17) is 14.2 Å². The van der Waals surface area contributed by atoms with E-state index in [1.165, 1.54) is 10.6 Å². The first-order valence-electron chi connectivity index (χ1n) is 14.1. The Morgan fingerprint density at radius 1 is 1.08 bits per heavy atom. The highest BCUT2D eigenvalue weighted by molar-refractivity contribution is 5.83. The number of benzene rings is 2. The molecule has 3 fully saturated rings. The Hall–Kier alpha value is -2.94. The molecule has 3 aliphatic heterocycles. The summed E-state index contributed by atoms with van der Waals surface area (Å²) in [6.45, 7) is 5.60. The second-order valence-electron chi connectivity index (χ2n) is 11.9. The fourth-order valence-corrected chi connectivity index (χ4v) is 6.42. The van der Waals surface area contributed by atoms with Crippen molar-refractivity contribution in [2.45, 2.75) is 82.3 Å². The lowest BCUT2D eigenvalue weighted by molar-refractivity contribution is -0.0174. The summed E-state index contributed by atoms with van der Waals surface area (Å²) in [7, 11) is 0. The summed E-state index contributed by atoms with van der Waals surface area (Å²) < 4.78 is 34.3. The summed E-state index contributed by atoms with van der Waals surface area (Å²) >= 11 is 0. The van der Waals surface area contributed by atoms with Crippen LogP contribution in [0.3, 0.4) is 0 Å². The van der Waals surface area contributed by atoms with Gasteiger partial charge in [0.1, 0.15) is 18.5 Å². The van der Waals surface area contributed by atoms with Gasteiger partial charge >= 0.3 is 0 Å². The van der Waals surface area contributed by atoms with Crippen LogP contribution in [-0.2, 0) is 4.74 Å². The van der Waals surface area contributed by atoms with Crippen LogP contribution in [0.25, 0.3) is 16.5 Å². The predicted octanol–water partition coefficient (Wildman–Crippen LogP) is 4.83. The number of pyridine rings is 1. The van der Waals surface area contributed by atoms with Gasteiger partial charge in [0.15, 0.2) is 11.6 Å². The molecule has 4 atom stereocenters. The van der Waals surface area contributed by atoms with Crippen LogP contribution in [-0.4, -0.2) is 64.2 Å². The van der Waals surface area contributed by atoms with Crippen molar-refractivity contribution in [2.24, 2.45) is 0 Å². The van der Waals surface area contributed by atoms with Crippen LogP contribution in [0, 0.1) is 5.82 Å². The van der Waals surface area contributed by atoms with Crippen LogP contribution in [0.1, 0.15) is 52.4 Å². The molecule has 6 rings (SSSR count). The molecule has 0 unspecified atom stereocenters. The Bertz CT molecular complexity index is 1380. The lowest BCUT2D eigenvalue weighted by Crippen LogP contribution is -2.51. The lowest BCUT2D eigenvalue weighted by Gasteiger charge is -2.41. The van der Waals surface area contributed by atoms with Crippen LogP contribution in [0.15, 0.2) is 53.5 Å². The molecular formula is C31H37FN2O5. The van der Waals surface area contributed by atoms with E-state index in [0.29, 0.717) is 42.1 Å². The molecule has 2 bridgehead atoms. The van der Waals surface area contributed by atoms with Crippen LogP contribution in [0.2, 0.25) is 0 Å². The molecular weight excluding hydrogens is 499 g/mol. The number of aliphatic hydroxyl groups is 1. The molecule has 1 N–H and O–H groups in total. The van der Waals surface area contributed by atoms with E-state index in [1.54, 1.807) is 30.5 Å². The van der Waals surface area contributed by atoms with Crippen LogP contribution in [0.4, 0.5) is 4.39 Å². The topological polar surface area (TPSA) is 73.2 Å². The molecule has 8 heteroatoms. The van der Waals surface area contributed by atoms with Gasteiger partial charge in [-0.15, -0.1) is 0 Å². The van der Waals surface area contributed by atoms with Gasteiger partial charge in [0.25, 0.3) is 5.56 Å². The van der Waals surface area contributed by atoms with Gasteiger partial charge in [0, 0.05) is 42.9 Å². The van der Waals surface area contributed by atoms with E-state index >= 15 is 4.39 Å². The van der Waals surface area contributed by atoms with Gasteiger partial charge in [-0.1, -0.05) is 0 Å². The zero-order chi connectivity index (χ0) is 27.1. The Labute approximate surface area is 228 Å². The molecule has 0 aliphatic carbocycles. The maximum atomic E-state index is 15.2. The normalized spacial score (nSPS) is 25.3. The van der Waals surface area contributed by atoms with Gasteiger partial charge in [-0.3, -0.25) is 14.3 Å². The summed E-state index contributed by atoms with van der Waals surface area (Å²) in [6.07, 6.45) is 7.57. The third-order valence-electron chi connectivity index (χ3n) is 8.23. The number of nitrogens with zero attached hydrogens (tertiary/aromatic N) is 2. The first-order chi connectivity index (χ1) is 18.7. The van der Waals surface area contributed by atoms with Gasteiger partial charge in [-0.05, 0) is 94.2 Å². The maximum absolute atomic E-state index is 15.2. The van der Waals surface area contributed by atoms with Crippen molar-refractivity contribution >= 4 is 10.8 Å². The Morgan fingerprint density at radius 2 is 1.87 bits per heavy atom. The number of piperidine rings is 1. The molecule has 3 aliphatic rings. The van der Waals surface area contributed by atoms with Crippen molar-refractivity contribution in [1.29, 1.82) is 0 Å². The highest BCUT2D eigenvalue weighted by atomic mass is 19.1. The van der Waals surface area contributed by atoms with Gasteiger partial charge < -0.3 is 19.3 Å². The average Bonchev–Trinajstić information content (AvgIpc) is 3.48. The van der Waals surface area contributed by atoms with Crippen LogP contribution < -0.4 is 15.0 Å². The molecule has 0 amide bonds. The van der Waals surface area contributed by atoms with Crippen molar-refractivity contribution in [3.05, 3.63) is 64.8 Å². The summed E-state index contributed by atoms with van der Waals surface area (Å²) in [4.78, 5) is 15.6. The number of hydrogen-bond donors (Lipinski definition) is 1. The van der Waals surface area contributed by atoms with Gasteiger partial charge in [-0.25, -0.2) is 4.39 Å². The number of aromatic nitrogens is 1. The number of rotatable bonds is 8. The molecule has 0 saturated carbocycles. The maximum Gasteiger partial charge on any atom is 0.262 e. The van der Waals surface area contributed by atoms with Crippen molar-refractivity contribution in [3.8, 4) is 17.2 Å². The molecule has 1 aromatic heterocycles. The minimum absolute atomic E-state index is 0.0686. The van der Waals surface area contributed by atoms with Crippen molar-refractivity contribution < 1.29 is 23.7 Å². The van der Waals surface area contributed by atoms with E-state index in [-0.39, 0.29) is 23.5 Å². The van der Waals surface area contributed by atoms with Crippen LogP contribution >= 0.6 is 0 Å². The molecule has 0 radical (unpaired) electrons. The molecule has 3 saturated heterocycles. The summed E-state index contributed by atoms with van der Waals surface area (Å²) in [6, 6.07) is 12.6. The zero-order valence-corrected chi connectivity index (χ0v) is 22.6. The zero-order valence-electron chi connectivity index (χ0n) is 22.6. The van der Waals surface area contributed by atoms with Gasteiger partial charge in [0.05, 0.1) is 17.4 Å². The minimum atomic E-state index is -0.738. The summed E-state index contributed by atoms with van der Waals surface area (Å²) in [5.74, 6) is 0.423. The van der Waals surface area contributed by atoms with Gasteiger partial charge in [0.2, 0.25) is 0 Å². The monoisotopic (exact) mass is 536 g/mol. The van der Waals surface area contributed by atoms with Gasteiger partial charge in [-0.2, -0.15) is 0 Å². The first kappa shape index (κ1) is 26.3. The highest BCUT2D eigenvalue weighted by Crippen LogP contribution is 2.38. The molecule has 4 heterocycles. The van der Waals surface area contributed by atoms with Crippen LogP contribution in [0.5, 0.6) is 11.5 Å². The first-order valence-corrected chi connectivity index (χ1v) is 14.1. The molecule has 3 aromatic rings. The van der Waals surface area contributed by atoms with Crippen molar-refractivity contribution in [1.82, 2.24) is 9.47 Å². The van der Waals surface area contributed by atoms with E-state index in [9.17, 15) is 9.90 Å². The van der Waals surface area contributed by atoms with Crippen molar-refractivity contribution in [2.75, 3.05) is 19.8 Å². The highest BCUT2D eigenvalue weighted by Gasteiger charge is 2.43. The third kappa shape index (κ3) is 5.69. The number of halogens is 1. The number of hydrogen-bond acceptors (Lipinski definition) is 6. The number of ether oxygens (including phenoxy) is 3. The second kappa shape index (κ2) is 10.6. The Kier molecular flexibility index (Phi) is 7.12.